The van der Waals surface area contributed by atoms with E-state index in [0.717, 1.165) is 22.7 Å². The predicted molar refractivity (Wildman–Crippen MR) is 277 cm³/mol. The summed E-state index contributed by atoms with van der Waals surface area (Å²) in [6.45, 7) is 4.62. The van der Waals surface area contributed by atoms with Crippen molar-refractivity contribution in [1.82, 2.24) is 47.1 Å². The van der Waals surface area contributed by atoms with Gasteiger partial charge in [0.2, 0.25) is 47.1 Å². The monoisotopic (exact) mass is 1140 g/mol. The van der Waals surface area contributed by atoms with E-state index in [9.17, 15) is 82.1 Å². The van der Waals surface area contributed by atoms with Crippen molar-refractivity contribution < 1.29 is 86.6 Å². The Bertz CT molecular complexity index is 2900. The second-order valence-electron chi connectivity index (χ2n) is 19.4. The first-order valence-electron chi connectivity index (χ1n) is 25.0. The molecule has 0 aliphatic carbocycles. The number of aliphatic hydroxyl groups excluding tert-OH is 1. The third-order valence-corrected chi connectivity index (χ3v) is 15.3. The van der Waals surface area contributed by atoms with E-state index in [-0.39, 0.29) is 39.9 Å². The number of hydrogen-bond donors (Lipinski definition) is 12. The molecule has 0 saturated carbocycles. The van der Waals surface area contributed by atoms with Gasteiger partial charge in [0.15, 0.2) is 11.6 Å². The van der Waals surface area contributed by atoms with Gasteiger partial charge >= 0.3 is 13.8 Å². The number of benzene rings is 1. The largest absolute Gasteiger partial charge is 0.524 e. The number of H-pyrrole nitrogens is 1. The molecule has 27 nitrogen and oxygen atoms in total. The van der Waals surface area contributed by atoms with Gasteiger partial charge in [0.05, 0.1) is 48.2 Å². The van der Waals surface area contributed by atoms with Gasteiger partial charge in [0.1, 0.15) is 29.9 Å². The van der Waals surface area contributed by atoms with Crippen LogP contribution in [-0.4, -0.2) is 168 Å². The molecule has 3 aliphatic rings. The first kappa shape index (κ1) is 62.2. The number of Topliss-reactive ketones (excluding diaryl/α,β-unsaturated/α-hetero) is 3. The summed E-state index contributed by atoms with van der Waals surface area (Å²) >= 11 is 0.764. The molecule has 1 unspecified atom stereocenters. The highest BCUT2D eigenvalue weighted by Crippen LogP contribution is 2.43. The van der Waals surface area contributed by atoms with Crippen LogP contribution in [0.3, 0.4) is 0 Å². The molecule has 2 aromatic rings. The van der Waals surface area contributed by atoms with Crippen molar-refractivity contribution in [3.05, 3.63) is 23.3 Å². The fourth-order valence-corrected chi connectivity index (χ4v) is 10.7. The van der Waals surface area contributed by atoms with Gasteiger partial charge in [-0.1, -0.05) is 40.5 Å². The Morgan fingerprint density at radius 3 is 2.13 bits per heavy atom. The number of aromatic amines is 1. The Morgan fingerprint density at radius 1 is 0.861 bits per heavy atom. The molecular formula is C50H62N9O18PS. The minimum Gasteiger partial charge on any atom is -0.481 e. The number of rotatable bonds is 14. The molecule has 1 fully saturated rings. The van der Waals surface area contributed by atoms with E-state index >= 15 is 0 Å². The van der Waals surface area contributed by atoms with E-state index in [2.05, 4.69) is 42.2 Å². The highest BCUT2D eigenvalue weighted by Gasteiger charge is 2.44. The number of phosphoric acid groups is 1. The van der Waals surface area contributed by atoms with E-state index in [1.165, 1.54) is 6.07 Å². The fourth-order valence-electron chi connectivity index (χ4n) is 9.14. The highest BCUT2D eigenvalue weighted by molar-refractivity contribution is 7.99. The Balaban J connectivity index is 1.81. The number of aliphatic hydroxyl groups is 1. The average Bonchev–Trinajstić information content (AvgIpc) is 4.12. The molecule has 1 aromatic carbocycles. The number of aromatic nitrogens is 1. The van der Waals surface area contributed by atoms with Crippen molar-refractivity contribution in [3.63, 3.8) is 0 Å². The number of thioether (sulfide) groups is 1. The van der Waals surface area contributed by atoms with Gasteiger partial charge in [0.25, 0.3) is 5.91 Å². The number of amides is 8. The molecule has 1 saturated heterocycles. The second-order valence-corrected chi connectivity index (χ2v) is 21.6. The molecule has 10 atom stereocenters. The minimum absolute atomic E-state index is 0.0260. The van der Waals surface area contributed by atoms with Crippen LogP contribution in [0.4, 0.5) is 0 Å². The van der Waals surface area contributed by atoms with Gasteiger partial charge in [0, 0.05) is 60.9 Å². The second kappa shape index (κ2) is 27.3. The molecule has 2 bridgehead atoms. The summed E-state index contributed by atoms with van der Waals surface area (Å²) in [7, 11) is -5.47. The van der Waals surface area contributed by atoms with Crippen LogP contribution in [0.1, 0.15) is 77.3 Å². The molecule has 426 valence electrons. The third kappa shape index (κ3) is 16.7. The lowest BCUT2D eigenvalue weighted by molar-refractivity contribution is -0.146. The van der Waals surface area contributed by atoms with Crippen LogP contribution in [0.25, 0.3) is 10.9 Å². The standard InChI is InChI=1S/C50H62N9O18PS/c1-7-23(5)43-37(63)14-26-12-30-29-11-25(13-36(62)32(15-27(60)9-3)53-39(64)10-4)38(77-78(74,75)76)17-31(29)56-49(30)79-22-34(54-40(65)19-52-48(72)44(24(6)8-2)57-41(66)20-51-45(26)69)46(70)55-33(18-42(67)68)50(73)59-21-28(61)16-35(59)47(71)58-43/h3-4,11,17,23-24,26,28,32-35,43-44,56,61H,7-8,12-16,18-22H2,1-2,5-6H3,(H,51,69)(H,52,72)(H,53,64)(H,54,65)(H,55,70)(H,57,66)(H,58,71)(H,67,68)(H2,74,75,76)/t23-,24-,26+,28+,32?,33-,34-,35-,43-,44-/m0/s1. The molecule has 5 rings (SSSR count). The lowest BCUT2D eigenvalue weighted by Crippen LogP contribution is -2.59. The molecular weight excluding hydrogens is 1080 g/mol. The lowest BCUT2D eigenvalue weighted by Gasteiger charge is -2.31. The van der Waals surface area contributed by atoms with Gasteiger partial charge in [-0.2, -0.15) is 0 Å². The number of phosphoric ester groups is 1. The normalized spacial score (nSPS) is 24.3. The van der Waals surface area contributed by atoms with Crippen molar-refractivity contribution >= 4 is 101 Å². The van der Waals surface area contributed by atoms with Crippen LogP contribution < -0.4 is 41.7 Å². The van der Waals surface area contributed by atoms with E-state index in [1.807, 2.05) is 5.92 Å². The van der Waals surface area contributed by atoms with Crippen LogP contribution in [0, 0.1) is 42.4 Å². The van der Waals surface area contributed by atoms with Crippen molar-refractivity contribution in [2.24, 2.45) is 17.8 Å². The summed E-state index contributed by atoms with van der Waals surface area (Å²) in [5, 5.41) is 38.0. The number of carbonyl (C=O) groups excluding carboxylic acids is 11. The maximum absolute atomic E-state index is 14.8. The van der Waals surface area contributed by atoms with E-state index < -0.39 is 202 Å². The van der Waals surface area contributed by atoms with Crippen molar-refractivity contribution in [1.29, 1.82) is 0 Å². The third-order valence-electron chi connectivity index (χ3n) is 13.7. The Morgan fingerprint density at radius 2 is 1.51 bits per heavy atom. The van der Waals surface area contributed by atoms with E-state index in [1.54, 1.807) is 33.6 Å². The Hall–Kier alpha value is -7.62. The molecule has 0 spiro atoms. The molecule has 1 aromatic heterocycles. The minimum atomic E-state index is -5.47. The molecule has 79 heavy (non-hydrogen) atoms. The number of nitrogens with one attached hydrogen (secondary N) is 8. The smallest absolute Gasteiger partial charge is 0.481 e. The van der Waals surface area contributed by atoms with E-state index in [0.29, 0.717) is 6.42 Å². The molecule has 29 heteroatoms. The fraction of sp³-hybridized carbons (Fsp3) is 0.520. The molecule has 0 radical (unpaired) electrons. The van der Waals surface area contributed by atoms with Gasteiger partial charge in [-0.15, -0.1) is 24.6 Å². The van der Waals surface area contributed by atoms with Crippen LogP contribution in [0.5, 0.6) is 5.75 Å². The average molecular weight is 1140 g/mol. The van der Waals surface area contributed by atoms with Crippen molar-refractivity contribution in [3.8, 4) is 30.4 Å². The number of nitrogens with zero attached hydrogens (tertiary/aromatic N) is 1. The maximum atomic E-state index is 14.8. The SMILES string of the molecule is C#CC(=O)CC(NC(=O)C#C)C(=O)Cc1cc2c3c([nH]c2cc1OP(=O)(O)O)SC[C@@H]1NC(=O)CNC(=O)[C@H]([C@@H](C)CC)NC(=O)CNC(=O)[C@@H](CC(=O)[C@H]([C@@H](C)CC)NC(=O)[C@@H]2C[C@@H](O)CN2C(=O)[C@H](CC(=O)O)NC1=O)C3. The maximum Gasteiger partial charge on any atom is 0.524 e. The van der Waals surface area contributed by atoms with Crippen LogP contribution in [-0.2, 0) is 74.9 Å². The molecule has 4 heterocycles. The summed E-state index contributed by atoms with van der Waals surface area (Å²) in [4.78, 5) is 189. The zero-order valence-corrected chi connectivity index (χ0v) is 45.1. The number of hydrogen-bond acceptors (Lipinski definition) is 16. The predicted octanol–water partition coefficient (Wildman–Crippen LogP) is -2.60. The van der Waals surface area contributed by atoms with Crippen LogP contribution in [0.2, 0.25) is 0 Å². The summed E-state index contributed by atoms with van der Waals surface area (Å²) in [5.41, 5.74) is -0.212. The number of carbonyl (C=O) groups is 12. The first-order valence-corrected chi connectivity index (χ1v) is 27.5. The number of aliphatic carboxylic acids is 1. The quantitative estimate of drug-likeness (QED) is 0.0524. The van der Waals surface area contributed by atoms with Crippen molar-refractivity contribution in [2.75, 3.05) is 25.4 Å². The van der Waals surface area contributed by atoms with Crippen molar-refractivity contribution in [2.45, 2.75) is 126 Å². The topological polar surface area (TPSA) is 415 Å². The number of ketones is 3. The summed E-state index contributed by atoms with van der Waals surface area (Å²) in [6.07, 6.45) is 5.50. The molecule has 12 N–H and O–H groups in total. The zero-order valence-electron chi connectivity index (χ0n) is 43.4. The van der Waals surface area contributed by atoms with Crippen LogP contribution in [0.15, 0.2) is 17.2 Å². The van der Waals surface area contributed by atoms with Gasteiger partial charge in [-0.05, 0) is 41.7 Å². The van der Waals surface area contributed by atoms with Crippen LogP contribution >= 0.6 is 19.6 Å². The molecule has 3 aliphatic heterocycles. The first-order chi connectivity index (χ1) is 37.2. The number of fused-ring (bicyclic) bond motifs is 5. The number of carboxylic acid groups (broad SMARTS) is 1. The zero-order chi connectivity index (χ0) is 58.6. The Kier molecular flexibility index (Phi) is 21.5. The highest BCUT2D eigenvalue weighted by atomic mass is 32.2. The van der Waals surface area contributed by atoms with E-state index in [4.69, 9.17) is 17.4 Å². The Labute approximate surface area is 456 Å². The van der Waals surface area contributed by atoms with Gasteiger partial charge in [-0.25, -0.2) is 4.57 Å². The summed E-state index contributed by atoms with van der Waals surface area (Å²) < 4.78 is 17.5. The molecule has 8 amide bonds. The van der Waals surface area contributed by atoms with Gasteiger partial charge in [-0.3, -0.25) is 67.3 Å². The number of carboxylic acids is 1. The summed E-state index contributed by atoms with van der Waals surface area (Å²) in [6, 6.07) is -7.26. The van der Waals surface area contributed by atoms with Gasteiger partial charge < -0.3 is 61.8 Å². The summed E-state index contributed by atoms with van der Waals surface area (Å²) in [5.74, 6) is -12.5. The number of terminal acetylenes is 2. The lowest BCUT2D eigenvalue weighted by atomic mass is 9.86.